The fraction of sp³-hybridized carbons (Fsp3) is 0.333. The van der Waals surface area contributed by atoms with Crippen molar-refractivity contribution in [3.63, 3.8) is 0 Å². The summed E-state index contributed by atoms with van der Waals surface area (Å²) >= 11 is 0. The van der Waals surface area contributed by atoms with Crippen LogP contribution in [-0.2, 0) is 9.53 Å². The van der Waals surface area contributed by atoms with Crippen molar-refractivity contribution in [3.8, 4) is 0 Å². The Morgan fingerprint density at radius 1 is 1.03 bits per heavy atom. The van der Waals surface area contributed by atoms with Crippen LogP contribution in [0.1, 0.15) is 49.4 Å². The van der Waals surface area contributed by atoms with Crippen molar-refractivity contribution in [2.75, 3.05) is 11.9 Å². The Morgan fingerprint density at radius 2 is 1.79 bits per heavy atom. The summed E-state index contributed by atoms with van der Waals surface area (Å²) in [5, 5.41) is 6.09. The molecule has 0 fully saturated rings. The Hall–Kier alpha value is -3.08. The molecular weight excluding hydrogens is 364 g/mol. The van der Waals surface area contributed by atoms with E-state index in [9.17, 15) is 9.59 Å². The van der Waals surface area contributed by atoms with Gasteiger partial charge < -0.3 is 15.4 Å². The molecule has 5 nitrogen and oxygen atoms in total. The van der Waals surface area contributed by atoms with Crippen molar-refractivity contribution >= 4 is 23.3 Å². The number of carbonyl (C=O) groups excluding carboxylic acids is 2. The SMILES string of the molecule is CC(OC(=O)c1ccccc1Nc1ccccc1)C(=O)NCCC1=CCCCC1. The number of nitrogens with one attached hydrogen (secondary N) is 2. The number of benzene rings is 2. The van der Waals surface area contributed by atoms with Crippen LogP contribution >= 0.6 is 0 Å². The molecule has 0 bridgehead atoms. The summed E-state index contributed by atoms with van der Waals surface area (Å²) in [6.45, 7) is 2.17. The Morgan fingerprint density at radius 3 is 2.55 bits per heavy atom. The second kappa shape index (κ2) is 10.5. The van der Waals surface area contributed by atoms with Gasteiger partial charge in [-0.1, -0.05) is 42.0 Å². The number of amides is 1. The minimum absolute atomic E-state index is 0.275. The van der Waals surface area contributed by atoms with E-state index in [1.54, 1.807) is 19.1 Å². The first-order valence-electron chi connectivity index (χ1n) is 10.2. The van der Waals surface area contributed by atoms with Crippen molar-refractivity contribution in [2.24, 2.45) is 0 Å². The van der Waals surface area contributed by atoms with Crippen molar-refractivity contribution in [1.82, 2.24) is 5.32 Å². The van der Waals surface area contributed by atoms with Crippen LogP contribution < -0.4 is 10.6 Å². The molecule has 1 unspecified atom stereocenters. The third-order valence-corrected chi connectivity index (χ3v) is 4.98. The molecule has 1 atom stereocenters. The lowest BCUT2D eigenvalue weighted by atomic mass is 9.97. The minimum atomic E-state index is -0.854. The molecule has 2 aromatic carbocycles. The molecule has 3 rings (SSSR count). The second-order valence-corrected chi connectivity index (χ2v) is 7.23. The van der Waals surface area contributed by atoms with E-state index < -0.39 is 12.1 Å². The molecule has 0 saturated carbocycles. The Balaban J connectivity index is 1.53. The number of hydrogen-bond acceptors (Lipinski definition) is 4. The largest absolute Gasteiger partial charge is 0.449 e. The van der Waals surface area contributed by atoms with E-state index >= 15 is 0 Å². The average Bonchev–Trinajstić information content (AvgIpc) is 2.75. The first-order valence-corrected chi connectivity index (χ1v) is 10.2. The predicted molar refractivity (Wildman–Crippen MR) is 115 cm³/mol. The molecule has 29 heavy (non-hydrogen) atoms. The topological polar surface area (TPSA) is 67.4 Å². The highest BCUT2D eigenvalue weighted by molar-refractivity contribution is 5.98. The second-order valence-electron chi connectivity index (χ2n) is 7.23. The van der Waals surface area contributed by atoms with Crippen LogP contribution in [0.25, 0.3) is 0 Å². The van der Waals surface area contributed by atoms with Gasteiger partial charge in [-0.3, -0.25) is 4.79 Å². The standard InChI is InChI=1S/C24H28N2O3/c1-18(23(27)25-17-16-19-10-4-2-5-11-19)29-24(28)21-14-8-9-15-22(21)26-20-12-6-3-7-13-20/h3,6-10,12-15,18,26H,2,4-5,11,16-17H2,1H3,(H,25,27). The highest BCUT2D eigenvalue weighted by Gasteiger charge is 2.20. The van der Waals surface area contributed by atoms with E-state index in [1.807, 2.05) is 42.5 Å². The van der Waals surface area contributed by atoms with Crippen molar-refractivity contribution in [2.45, 2.75) is 45.1 Å². The van der Waals surface area contributed by atoms with E-state index in [4.69, 9.17) is 4.74 Å². The molecule has 2 aromatic rings. The third-order valence-electron chi connectivity index (χ3n) is 4.98. The molecule has 152 valence electrons. The van der Waals surface area contributed by atoms with Gasteiger partial charge in [-0.25, -0.2) is 4.79 Å². The van der Waals surface area contributed by atoms with Crippen LogP contribution in [0.3, 0.4) is 0 Å². The van der Waals surface area contributed by atoms with E-state index in [2.05, 4.69) is 16.7 Å². The molecule has 5 heteroatoms. The van der Waals surface area contributed by atoms with Crippen molar-refractivity contribution in [3.05, 3.63) is 71.8 Å². The smallest absolute Gasteiger partial charge is 0.341 e. The number of esters is 1. The molecule has 1 aliphatic rings. The first-order chi connectivity index (χ1) is 14.1. The molecule has 0 saturated heterocycles. The van der Waals surface area contributed by atoms with Crippen LogP contribution in [-0.4, -0.2) is 24.5 Å². The number of hydrogen-bond donors (Lipinski definition) is 2. The van der Waals surface area contributed by atoms with E-state index in [0.29, 0.717) is 17.8 Å². The van der Waals surface area contributed by atoms with E-state index in [-0.39, 0.29) is 5.91 Å². The summed E-state index contributed by atoms with van der Waals surface area (Å²) in [7, 11) is 0. The van der Waals surface area contributed by atoms with Crippen molar-refractivity contribution < 1.29 is 14.3 Å². The fourth-order valence-corrected chi connectivity index (χ4v) is 3.35. The van der Waals surface area contributed by atoms with Gasteiger partial charge in [0.05, 0.1) is 11.3 Å². The van der Waals surface area contributed by atoms with Gasteiger partial charge in [-0.05, 0) is 63.3 Å². The van der Waals surface area contributed by atoms with Gasteiger partial charge in [0.15, 0.2) is 6.10 Å². The van der Waals surface area contributed by atoms with Crippen LogP contribution in [0.4, 0.5) is 11.4 Å². The maximum Gasteiger partial charge on any atom is 0.341 e. The van der Waals surface area contributed by atoms with Gasteiger partial charge in [-0.2, -0.15) is 0 Å². The van der Waals surface area contributed by atoms with Gasteiger partial charge in [0.2, 0.25) is 0 Å². The highest BCUT2D eigenvalue weighted by atomic mass is 16.5. The summed E-state index contributed by atoms with van der Waals surface area (Å²) in [6.07, 6.45) is 7.01. The molecule has 0 spiro atoms. The lowest BCUT2D eigenvalue weighted by Gasteiger charge is -2.17. The average molecular weight is 392 g/mol. The van der Waals surface area contributed by atoms with Crippen LogP contribution in [0.15, 0.2) is 66.2 Å². The zero-order valence-corrected chi connectivity index (χ0v) is 16.8. The lowest BCUT2D eigenvalue weighted by Crippen LogP contribution is -2.36. The normalized spacial score (nSPS) is 14.4. The van der Waals surface area contributed by atoms with E-state index in [0.717, 1.165) is 24.9 Å². The zero-order valence-electron chi connectivity index (χ0n) is 16.8. The molecule has 1 amide bonds. The zero-order chi connectivity index (χ0) is 20.5. The quantitative estimate of drug-likeness (QED) is 0.491. The van der Waals surface area contributed by atoms with Crippen LogP contribution in [0.2, 0.25) is 0 Å². The van der Waals surface area contributed by atoms with Gasteiger partial charge in [0.25, 0.3) is 5.91 Å². The lowest BCUT2D eigenvalue weighted by molar-refractivity contribution is -0.129. The van der Waals surface area contributed by atoms with Crippen LogP contribution in [0.5, 0.6) is 0 Å². The van der Waals surface area contributed by atoms with Gasteiger partial charge in [-0.15, -0.1) is 0 Å². The summed E-state index contributed by atoms with van der Waals surface area (Å²) in [5.74, 6) is -0.801. The number of para-hydroxylation sites is 2. The predicted octanol–water partition coefficient (Wildman–Crippen LogP) is 4.98. The maximum atomic E-state index is 12.6. The van der Waals surface area contributed by atoms with Crippen molar-refractivity contribution in [1.29, 1.82) is 0 Å². The summed E-state index contributed by atoms with van der Waals surface area (Å²) in [6, 6.07) is 16.7. The molecule has 0 radical (unpaired) electrons. The molecule has 0 aliphatic heterocycles. The van der Waals surface area contributed by atoms with Gasteiger partial charge in [0, 0.05) is 12.2 Å². The molecule has 2 N–H and O–H groups in total. The third kappa shape index (κ3) is 6.21. The van der Waals surface area contributed by atoms with Gasteiger partial charge >= 0.3 is 5.97 Å². The molecular formula is C24H28N2O3. The number of rotatable bonds is 8. The summed E-state index contributed by atoms with van der Waals surface area (Å²) in [5.41, 5.74) is 3.31. The fourth-order valence-electron chi connectivity index (χ4n) is 3.35. The van der Waals surface area contributed by atoms with E-state index in [1.165, 1.54) is 18.4 Å². The summed E-state index contributed by atoms with van der Waals surface area (Å²) in [4.78, 5) is 24.9. The molecule has 0 aromatic heterocycles. The van der Waals surface area contributed by atoms with Crippen LogP contribution in [0, 0.1) is 0 Å². The Kier molecular flexibility index (Phi) is 7.45. The highest BCUT2D eigenvalue weighted by Crippen LogP contribution is 2.22. The number of allylic oxidation sites excluding steroid dienone is 1. The number of ether oxygens (including phenoxy) is 1. The Labute approximate surface area is 172 Å². The molecule has 0 heterocycles. The number of carbonyl (C=O) groups is 2. The van der Waals surface area contributed by atoms with Gasteiger partial charge in [0.1, 0.15) is 0 Å². The number of anilines is 2. The first kappa shape index (κ1) is 20.6. The maximum absolute atomic E-state index is 12.6. The Bertz CT molecular complexity index is 861. The monoisotopic (exact) mass is 392 g/mol. The summed E-state index contributed by atoms with van der Waals surface area (Å²) < 4.78 is 5.41. The molecule has 1 aliphatic carbocycles. The minimum Gasteiger partial charge on any atom is -0.449 e.